The van der Waals surface area contributed by atoms with Crippen molar-refractivity contribution in [3.63, 3.8) is 0 Å². The van der Waals surface area contributed by atoms with Crippen molar-refractivity contribution in [1.29, 1.82) is 0 Å². The monoisotopic (exact) mass is 246 g/mol. The minimum Gasteiger partial charge on any atom is -0.481 e. The van der Waals surface area contributed by atoms with E-state index in [1.54, 1.807) is 0 Å². The van der Waals surface area contributed by atoms with Crippen LogP contribution in [0.25, 0.3) is 0 Å². The fraction of sp³-hybridized carbons (Fsp3) is 0.562. The van der Waals surface area contributed by atoms with Gasteiger partial charge in [0.1, 0.15) is 0 Å². The van der Waals surface area contributed by atoms with Gasteiger partial charge in [0.2, 0.25) is 0 Å². The van der Waals surface area contributed by atoms with E-state index in [4.69, 9.17) is 0 Å². The van der Waals surface area contributed by atoms with E-state index in [-0.39, 0.29) is 11.8 Å². The Labute approximate surface area is 109 Å². The first-order valence-electron chi connectivity index (χ1n) is 6.83. The molecule has 1 fully saturated rings. The van der Waals surface area contributed by atoms with Gasteiger partial charge in [0.15, 0.2) is 0 Å². The molecule has 1 aliphatic rings. The van der Waals surface area contributed by atoms with Crippen molar-refractivity contribution in [1.82, 2.24) is 0 Å². The normalized spacial score (nSPS) is 18.6. The maximum Gasteiger partial charge on any atom is 0.304 e. The SMILES string of the molecule is Cc1ccc(C2(CC(=O)O)CCCCC2)c(C)c1. The Bertz CT molecular complexity index is 442. The molecule has 98 valence electrons. The van der Waals surface area contributed by atoms with Crippen molar-refractivity contribution in [3.05, 3.63) is 34.9 Å². The summed E-state index contributed by atoms with van der Waals surface area (Å²) in [5, 5.41) is 9.24. The Hall–Kier alpha value is -1.31. The van der Waals surface area contributed by atoms with E-state index in [9.17, 15) is 9.90 Å². The lowest BCUT2D eigenvalue weighted by atomic mass is 9.66. The molecule has 18 heavy (non-hydrogen) atoms. The third kappa shape index (κ3) is 2.58. The third-order valence-electron chi connectivity index (χ3n) is 4.25. The van der Waals surface area contributed by atoms with Crippen LogP contribution in [0.5, 0.6) is 0 Å². The van der Waals surface area contributed by atoms with Gasteiger partial charge in [-0.3, -0.25) is 4.79 Å². The Morgan fingerprint density at radius 3 is 2.44 bits per heavy atom. The molecule has 0 unspecified atom stereocenters. The highest BCUT2D eigenvalue weighted by molar-refractivity contribution is 5.69. The van der Waals surface area contributed by atoms with Crippen molar-refractivity contribution in [3.8, 4) is 0 Å². The summed E-state index contributed by atoms with van der Waals surface area (Å²) in [4.78, 5) is 11.2. The van der Waals surface area contributed by atoms with E-state index in [1.807, 2.05) is 0 Å². The van der Waals surface area contributed by atoms with Crippen molar-refractivity contribution in [2.75, 3.05) is 0 Å². The zero-order valence-electron chi connectivity index (χ0n) is 11.3. The smallest absolute Gasteiger partial charge is 0.304 e. The van der Waals surface area contributed by atoms with Gasteiger partial charge in [-0.2, -0.15) is 0 Å². The molecule has 2 nitrogen and oxygen atoms in total. The first kappa shape index (κ1) is 13.1. The molecule has 1 saturated carbocycles. The maximum absolute atomic E-state index is 11.2. The van der Waals surface area contributed by atoms with Crippen molar-refractivity contribution in [2.45, 2.75) is 57.8 Å². The van der Waals surface area contributed by atoms with E-state index in [0.717, 1.165) is 25.7 Å². The number of carboxylic acids is 1. The molecule has 2 heteroatoms. The molecule has 1 aromatic rings. The topological polar surface area (TPSA) is 37.3 Å². The van der Waals surface area contributed by atoms with E-state index < -0.39 is 5.97 Å². The molecule has 0 atom stereocenters. The second-order valence-electron chi connectivity index (χ2n) is 5.73. The van der Waals surface area contributed by atoms with Crippen molar-refractivity contribution < 1.29 is 9.90 Å². The lowest BCUT2D eigenvalue weighted by Crippen LogP contribution is -2.32. The molecular formula is C16H22O2. The van der Waals surface area contributed by atoms with Gasteiger partial charge in [0, 0.05) is 5.41 Å². The number of hydrogen-bond donors (Lipinski definition) is 1. The van der Waals surface area contributed by atoms with E-state index in [0.29, 0.717) is 0 Å². The summed E-state index contributed by atoms with van der Waals surface area (Å²) >= 11 is 0. The molecule has 0 radical (unpaired) electrons. The molecule has 0 aromatic heterocycles. The highest BCUT2D eigenvalue weighted by atomic mass is 16.4. The van der Waals surface area contributed by atoms with E-state index >= 15 is 0 Å². The molecular weight excluding hydrogens is 224 g/mol. The minimum atomic E-state index is -0.670. The van der Waals surface area contributed by atoms with Gasteiger partial charge in [-0.05, 0) is 37.8 Å². The van der Waals surface area contributed by atoms with Crippen LogP contribution >= 0.6 is 0 Å². The fourth-order valence-corrected chi connectivity index (χ4v) is 3.47. The fourth-order valence-electron chi connectivity index (χ4n) is 3.47. The van der Waals surface area contributed by atoms with Gasteiger partial charge in [-0.15, -0.1) is 0 Å². The van der Waals surface area contributed by atoms with Crippen LogP contribution in [0.2, 0.25) is 0 Å². The third-order valence-corrected chi connectivity index (χ3v) is 4.25. The number of aryl methyl sites for hydroxylation is 2. The average Bonchev–Trinajstić information content (AvgIpc) is 2.28. The summed E-state index contributed by atoms with van der Waals surface area (Å²) < 4.78 is 0. The maximum atomic E-state index is 11.2. The number of rotatable bonds is 3. The van der Waals surface area contributed by atoms with Gasteiger partial charge in [-0.25, -0.2) is 0 Å². The van der Waals surface area contributed by atoms with Crippen LogP contribution in [0.4, 0.5) is 0 Å². The standard InChI is InChI=1S/C16H22O2/c1-12-6-7-14(13(2)10-12)16(11-15(17)18)8-4-3-5-9-16/h6-7,10H,3-5,8-9,11H2,1-2H3,(H,17,18). The molecule has 0 heterocycles. The van der Waals surface area contributed by atoms with E-state index in [2.05, 4.69) is 32.0 Å². The zero-order valence-corrected chi connectivity index (χ0v) is 11.3. The second kappa shape index (κ2) is 5.13. The van der Waals surface area contributed by atoms with E-state index in [1.165, 1.54) is 23.1 Å². The predicted octanol–water partition coefficient (Wildman–Crippen LogP) is 3.98. The van der Waals surface area contributed by atoms with Crippen LogP contribution in [-0.4, -0.2) is 11.1 Å². The number of aliphatic carboxylic acids is 1. The number of benzene rings is 1. The van der Waals surface area contributed by atoms with Crippen LogP contribution in [0, 0.1) is 13.8 Å². The molecule has 0 bridgehead atoms. The zero-order chi connectivity index (χ0) is 13.2. The summed E-state index contributed by atoms with van der Waals surface area (Å²) in [5.41, 5.74) is 3.63. The molecule has 0 aliphatic heterocycles. The molecule has 0 saturated heterocycles. The van der Waals surface area contributed by atoms with Crippen LogP contribution in [0.1, 0.15) is 55.2 Å². The Morgan fingerprint density at radius 2 is 1.89 bits per heavy atom. The molecule has 1 aliphatic carbocycles. The predicted molar refractivity (Wildman–Crippen MR) is 72.9 cm³/mol. The quantitative estimate of drug-likeness (QED) is 0.875. The molecule has 1 N–H and O–H groups in total. The number of hydrogen-bond acceptors (Lipinski definition) is 1. The highest BCUT2D eigenvalue weighted by Crippen LogP contribution is 2.43. The summed E-state index contributed by atoms with van der Waals surface area (Å²) in [5.74, 6) is -0.670. The average molecular weight is 246 g/mol. The van der Waals surface area contributed by atoms with Gasteiger partial charge < -0.3 is 5.11 Å². The molecule has 0 amide bonds. The Balaban J connectivity index is 2.41. The highest BCUT2D eigenvalue weighted by Gasteiger charge is 2.36. The van der Waals surface area contributed by atoms with Crippen LogP contribution in [0.3, 0.4) is 0 Å². The first-order chi connectivity index (χ1) is 8.53. The lowest BCUT2D eigenvalue weighted by molar-refractivity contribution is -0.138. The van der Waals surface area contributed by atoms with Crippen LogP contribution in [-0.2, 0) is 10.2 Å². The van der Waals surface area contributed by atoms with Crippen LogP contribution < -0.4 is 0 Å². The Kier molecular flexibility index (Phi) is 3.74. The molecule has 0 spiro atoms. The van der Waals surface area contributed by atoms with Gasteiger partial charge in [0.25, 0.3) is 0 Å². The summed E-state index contributed by atoms with van der Waals surface area (Å²) in [6.45, 7) is 4.20. The molecule has 2 rings (SSSR count). The minimum absolute atomic E-state index is 0.123. The summed E-state index contributed by atoms with van der Waals surface area (Å²) in [6.07, 6.45) is 5.86. The largest absolute Gasteiger partial charge is 0.481 e. The van der Waals surface area contributed by atoms with Crippen molar-refractivity contribution >= 4 is 5.97 Å². The number of carbonyl (C=O) groups is 1. The second-order valence-corrected chi connectivity index (χ2v) is 5.73. The molecule has 1 aromatic carbocycles. The summed E-state index contributed by atoms with van der Waals surface area (Å²) in [7, 11) is 0. The lowest BCUT2D eigenvalue weighted by Gasteiger charge is -2.38. The summed E-state index contributed by atoms with van der Waals surface area (Å²) in [6, 6.07) is 6.44. The van der Waals surface area contributed by atoms with Gasteiger partial charge >= 0.3 is 5.97 Å². The van der Waals surface area contributed by atoms with Crippen LogP contribution in [0.15, 0.2) is 18.2 Å². The number of carboxylic acid groups (broad SMARTS) is 1. The Morgan fingerprint density at radius 1 is 1.22 bits per heavy atom. The van der Waals surface area contributed by atoms with Gasteiger partial charge in [-0.1, -0.05) is 43.0 Å². The van der Waals surface area contributed by atoms with Gasteiger partial charge in [0.05, 0.1) is 6.42 Å². The first-order valence-corrected chi connectivity index (χ1v) is 6.83. The van der Waals surface area contributed by atoms with Crippen molar-refractivity contribution in [2.24, 2.45) is 0 Å².